The number of carbonyl (C=O) groups excluding carboxylic acids is 1. The van der Waals surface area contributed by atoms with Crippen molar-refractivity contribution < 1.29 is 35.9 Å². The largest absolute Gasteiger partial charge is 0.484 e. The van der Waals surface area contributed by atoms with Crippen LogP contribution < -0.4 is 15.0 Å². The molecule has 0 fully saturated rings. The molecule has 0 aliphatic rings. The van der Waals surface area contributed by atoms with Gasteiger partial charge in [-0.3, -0.25) is 4.79 Å². The molecule has 2 aromatic carbocycles. The highest BCUT2D eigenvalue weighted by Gasteiger charge is 2.34. The Hall–Kier alpha value is -2.91. The number of carbonyl (C=O) groups is 1. The first-order valence-electron chi connectivity index (χ1n) is 7.86. The van der Waals surface area contributed by atoms with Crippen molar-refractivity contribution in [2.75, 3.05) is 30.9 Å². The van der Waals surface area contributed by atoms with Gasteiger partial charge in [0.25, 0.3) is 5.91 Å². The molecule has 152 valence electrons. The molecule has 1 N–H and O–H groups in total. The zero-order chi connectivity index (χ0) is 21.1. The second-order valence-corrected chi connectivity index (χ2v) is 5.98. The molecular weight excluding hydrogens is 390 g/mol. The number of ether oxygens (including phenoxy) is 1. The summed E-state index contributed by atoms with van der Waals surface area (Å²) in [5.41, 5.74) is -2.06. The molecule has 1 amide bonds. The van der Waals surface area contributed by atoms with Crippen LogP contribution in [0.2, 0.25) is 0 Å². The quantitative estimate of drug-likeness (QED) is 0.725. The van der Waals surface area contributed by atoms with Crippen LogP contribution in [-0.4, -0.2) is 26.6 Å². The Morgan fingerprint density at radius 2 is 1.57 bits per heavy atom. The van der Waals surface area contributed by atoms with Crippen LogP contribution in [-0.2, 0) is 17.1 Å². The van der Waals surface area contributed by atoms with Crippen LogP contribution in [0.15, 0.2) is 42.5 Å². The van der Waals surface area contributed by atoms with Crippen molar-refractivity contribution in [2.24, 2.45) is 0 Å². The van der Waals surface area contributed by atoms with Crippen LogP contribution in [0.1, 0.15) is 11.1 Å². The molecule has 0 saturated heterocycles. The number of nitrogens with one attached hydrogen (secondary N) is 1. The lowest BCUT2D eigenvalue weighted by Gasteiger charge is -2.18. The first-order valence-corrected chi connectivity index (χ1v) is 7.86. The minimum atomic E-state index is -4.69. The summed E-state index contributed by atoms with van der Waals surface area (Å²) in [5.74, 6) is -0.912. The Morgan fingerprint density at radius 1 is 0.964 bits per heavy atom. The van der Waals surface area contributed by atoms with Crippen LogP contribution >= 0.6 is 0 Å². The van der Waals surface area contributed by atoms with Gasteiger partial charge in [-0.1, -0.05) is 0 Å². The number of rotatable bonds is 5. The highest BCUT2D eigenvalue weighted by molar-refractivity contribution is 5.93. The molecule has 0 aliphatic carbocycles. The maximum atomic E-state index is 13.2. The maximum absolute atomic E-state index is 13.2. The molecule has 4 nitrogen and oxygen atoms in total. The SMILES string of the molecule is CN(C)c1ccc(NC(=O)COc2ccc(C(F)(F)F)cc2)c(C(F)(F)F)c1. The fourth-order valence-electron chi connectivity index (χ4n) is 2.23. The number of hydrogen-bond acceptors (Lipinski definition) is 3. The van der Waals surface area contributed by atoms with E-state index in [0.717, 1.165) is 36.4 Å². The Kier molecular flexibility index (Phi) is 6.10. The number of anilines is 2. The third kappa shape index (κ3) is 5.54. The average molecular weight is 406 g/mol. The van der Waals surface area contributed by atoms with E-state index in [1.165, 1.54) is 11.0 Å². The minimum absolute atomic E-state index is 0.0258. The van der Waals surface area contributed by atoms with Crippen molar-refractivity contribution in [3.8, 4) is 5.75 Å². The Bertz CT molecular complexity index is 829. The lowest BCUT2D eigenvalue weighted by atomic mass is 10.1. The normalized spacial score (nSPS) is 11.9. The first kappa shape index (κ1) is 21.4. The van der Waals surface area contributed by atoms with Crippen LogP contribution in [0.3, 0.4) is 0 Å². The molecule has 0 radical (unpaired) electrons. The molecule has 10 heteroatoms. The van der Waals surface area contributed by atoms with Gasteiger partial charge in [0, 0.05) is 19.8 Å². The number of halogens is 6. The lowest BCUT2D eigenvalue weighted by molar-refractivity contribution is -0.138. The molecule has 0 saturated carbocycles. The summed E-state index contributed by atoms with van der Waals surface area (Å²) >= 11 is 0. The third-order valence-electron chi connectivity index (χ3n) is 3.65. The zero-order valence-corrected chi connectivity index (χ0v) is 14.8. The van der Waals surface area contributed by atoms with Crippen molar-refractivity contribution in [1.82, 2.24) is 0 Å². The summed E-state index contributed by atoms with van der Waals surface area (Å²) in [6.07, 6.45) is -9.20. The van der Waals surface area contributed by atoms with E-state index in [2.05, 4.69) is 5.32 Å². The van der Waals surface area contributed by atoms with Crippen LogP contribution in [0.5, 0.6) is 5.75 Å². The molecule has 2 rings (SSSR count). The van der Waals surface area contributed by atoms with Crippen LogP contribution in [0, 0.1) is 0 Å². The number of nitrogens with zero attached hydrogens (tertiary/aromatic N) is 1. The summed E-state index contributed by atoms with van der Waals surface area (Å²) < 4.78 is 82.2. The highest BCUT2D eigenvalue weighted by Crippen LogP contribution is 2.37. The van der Waals surface area contributed by atoms with Crippen molar-refractivity contribution in [1.29, 1.82) is 0 Å². The highest BCUT2D eigenvalue weighted by atomic mass is 19.4. The van der Waals surface area contributed by atoms with Gasteiger partial charge < -0.3 is 15.0 Å². The predicted octanol–water partition coefficient (Wildman–Crippen LogP) is 4.81. The number of hydrogen-bond donors (Lipinski definition) is 1. The van der Waals surface area contributed by atoms with Gasteiger partial charge in [0.2, 0.25) is 0 Å². The van der Waals surface area contributed by atoms with E-state index in [4.69, 9.17) is 4.74 Å². The second kappa shape index (κ2) is 7.99. The van der Waals surface area contributed by atoms with Crippen molar-refractivity contribution >= 4 is 17.3 Å². The van der Waals surface area contributed by atoms with Gasteiger partial charge in [-0.25, -0.2) is 0 Å². The monoisotopic (exact) mass is 406 g/mol. The Labute approximate surface area is 156 Å². The maximum Gasteiger partial charge on any atom is 0.418 e. The molecule has 0 unspecified atom stereocenters. The van der Waals surface area contributed by atoms with Gasteiger partial charge in [0.1, 0.15) is 5.75 Å². The smallest absolute Gasteiger partial charge is 0.418 e. The molecule has 0 spiro atoms. The molecule has 0 heterocycles. The molecule has 2 aromatic rings. The molecule has 0 aromatic heterocycles. The number of alkyl halides is 6. The molecule has 0 aliphatic heterocycles. The van der Waals surface area contributed by atoms with E-state index >= 15 is 0 Å². The van der Waals surface area contributed by atoms with Crippen LogP contribution in [0.25, 0.3) is 0 Å². The summed E-state index contributed by atoms with van der Waals surface area (Å²) in [6.45, 7) is -0.669. The van der Waals surface area contributed by atoms with Gasteiger partial charge in [-0.05, 0) is 42.5 Å². The Balaban J connectivity index is 2.07. The molecule has 0 bridgehead atoms. The summed E-state index contributed by atoms with van der Waals surface area (Å²) in [4.78, 5) is 13.4. The van der Waals surface area contributed by atoms with Crippen molar-refractivity contribution in [2.45, 2.75) is 12.4 Å². The topological polar surface area (TPSA) is 41.6 Å². The zero-order valence-electron chi connectivity index (χ0n) is 14.8. The van der Waals surface area contributed by atoms with Crippen molar-refractivity contribution in [3.63, 3.8) is 0 Å². The lowest BCUT2D eigenvalue weighted by Crippen LogP contribution is -2.23. The summed E-state index contributed by atoms with van der Waals surface area (Å²) in [6, 6.07) is 7.00. The van der Waals surface area contributed by atoms with E-state index in [1.807, 2.05) is 0 Å². The predicted molar refractivity (Wildman–Crippen MR) is 91.3 cm³/mol. The van der Waals surface area contributed by atoms with E-state index in [-0.39, 0.29) is 5.75 Å². The van der Waals surface area contributed by atoms with Crippen LogP contribution in [0.4, 0.5) is 37.7 Å². The Morgan fingerprint density at radius 3 is 2.07 bits per heavy atom. The number of benzene rings is 2. The third-order valence-corrected chi connectivity index (χ3v) is 3.65. The van der Waals surface area contributed by atoms with E-state index in [1.54, 1.807) is 14.1 Å². The molecular formula is C18H16F6N2O2. The minimum Gasteiger partial charge on any atom is -0.484 e. The van der Waals surface area contributed by atoms with Gasteiger partial charge in [0.15, 0.2) is 6.61 Å². The molecule has 0 atom stereocenters. The van der Waals surface area contributed by atoms with E-state index in [9.17, 15) is 31.1 Å². The van der Waals surface area contributed by atoms with Gasteiger partial charge in [-0.15, -0.1) is 0 Å². The van der Waals surface area contributed by atoms with Crippen molar-refractivity contribution in [3.05, 3.63) is 53.6 Å². The van der Waals surface area contributed by atoms with Gasteiger partial charge in [0.05, 0.1) is 16.8 Å². The molecule has 28 heavy (non-hydrogen) atoms. The van der Waals surface area contributed by atoms with E-state index < -0.39 is 41.7 Å². The number of amides is 1. The summed E-state index contributed by atoms with van der Waals surface area (Å²) in [5, 5.41) is 2.11. The van der Waals surface area contributed by atoms with Gasteiger partial charge >= 0.3 is 12.4 Å². The fourth-order valence-corrected chi connectivity index (χ4v) is 2.23. The fraction of sp³-hybridized carbons (Fsp3) is 0.278. The standard InChI is InChI=1S/C18H16F6N2O2/c1-26(2)12-5-8-15(14(9-12)18(22,23)24)25-16(27)10-28-13-6-3-11(4-7-13)17(19,20)21/h3-9H,10H2,1-2H3,(H,25,27). The van der Waals surface area contributed by atoms with Gasteiger partial charge in [-0.2, -0.15) is 26.3 Å². The summed E-state index contributed by atoms with van der Waals surface area (Å²) in [7, 11) is 3.15. The average Bonchev–Trinajstić information content (AvgIpc) is 2.58. The second-order valence-electron chi connectivity index (χ2n) is 5.98. The first-order chi connectivity index (χ1) is 12.9. The van der Waals surface area contributed by atoms with E-state index in [0.29, 0.717) is 5.69 Å².